The van der Waals surface area contributed by atoms with Gasteiger partial charge in [-0.05, 0) is 36.4 Å². The van der Waals surface area contributed by atoms with Crippen LogP contribution in [0.5, 0.6) is 5.75 Å². The van der Waals surface area contributed by atoms with E-state index in [-0.39, 0.29) is 23.7 Å². The third-order valence-corrected chi connectivity index (χ3v) is 6.24. The smallest absolute Gasteiger partial charge is 0.253 e. The fraction of sp³-hybridized carbons (Fsp3) is 0.250. The fourth-order valence-corrected chi connectivity index (χ4v) is 4.46. The second-order valence-corrected chi connectivity index (χ2v) is 8.29. The molecule has 1 fully saturated rings. The molecule has 8 heteroatoms. The number of H-pyrrole nitrogens is 1. The number of carbonyl (C=O) groups excluding carboxylic acids is 3. The molecule has 2 amide bonds. The first kappa shape index (κ1) is 20.0. The zero-order valence-electron chi connectivity index (χ0n) is 17.3. The number of benzene rings is 2. The van der Waals surface area contributed by atoms with Crippen LogP contribution in [0.15, 0.2) is 54.7 Å². The molecule has 5 rings (SSSR count). The molecule has 0 bridgehead atoms. The molecule has 1 spiro atoms. The standard InChI is InChI=1S/C24H22N4O4/c25-22(30)16-4-5-21-18(13-16)20(29)14-24(32-21)7-10-28(11-8-24)23(31)17-3-1-2-15(12-17)19-6-9-26-27-19/h1-6,9,12-13H,7-8,10-11,14H2,(H2,25,30)(H,26,27). The zero-order valence-corrected chi connectivity index (χ0v) is 17.3. The molecule has 3 N–H and O–H groups in total. The van der Waals surface area contributed by atoms with Crippen LogP contribution < -0.4 is 10.5 Å². The Balaban J connectivity index is 1.30. The molecular weight excluding hydrogens is 408 g/mol. The second kappa shape index (κ2) is 7.64. The van der Waals surface area contributed by atoms with Crippen molar-refractivity contribution < 1.29 is 19.1 Å². The summed E-state index contributed by atoms with van der Waals surface area (Å²) in [7, 11) is 0. The van der Waals surface area contributed by atoms with Crippen LogP contribution >= 0.6 is 0 Å². The highest BCUT2D eigenvalue weighted by Crippen LogP contribution is 2.40. The van der Waals surface area contributed by atoms with Gasteiger partial charge in [0, 0.05) is 48.8 Å². The van der Waals surface area contributed by atoms with Gasteiger partial charge in [0.15, 0.2) is 5.78 Å². The monoisotopic (exact) mass is 430 g/mol. The van der Waals surface area contributed by atoms with Crippen LogP contribution in [-0.2, 0) is 0 Å². The Morgan fingerprint density at radius 1 is 1.06 bits per heavy atom. The van der Waals surface area contributed by atoms with Gasteiger partial charge in [-0.15, -0.1) is 0 Å². The maximum atomic E-state index is 13.1. The Kier molecular flexibility index (Phi) is 4.77. The van der Waals surface area contributed by atoms with E-state index >= 15 is 0 Å². The number of hydrogen-bond acceptors (Lipinski definition) is 5. The number of nitrogens with zero attached hydrogens (tertiary/aromatic N) is 2. The lowest BCUT2D eigenvalue weighted by Gasteiger charge is -2.44. The van der Waals surface area contributed by atoms with Crippen molar-refractivity contribution in [2.75, 3.05) is 13.1 Å². The number of hydrogen-bond donors (Lipinski definition) is 2. The van der Waals surface area contributed by atoms with Gasteiger partial charge >= 0.3 is 0 Å². The van der Waals surface area contributed by atoms with Gasteiger partial charge in [0.2, 0.25) is 5.91 Å². The minimum atomic E-state index is -0.633. The highest BCUT2D eigenvalue weighted by molar-refractivity contribution is 6.03. The van der Waals surface area contributed by atoms with Gasteiger partial charge < -0.3 is 15.4 Å². The topological polar surface area (TPSA) is 118 Å². The number of aromatic nitrogens is 2. The molecular formula is C24H22N4O4. The van der Waals surface area contributed by atoms with Crippen LogP contribution in [0.1, 0.15) is 50.3 Å². The van der Waals surface area contributed by atoms with Gasteiger partial charge in [0.05, 0.1) is 17.7 Å². The Labute approximate surface area is 184 Å². The van der Waals surface area contributed by atoms with Crippen LogP contribution in [0.25, 0.3) is 11.3 Å². The zero-order chi connectivity index (χ0) is 22.3. The summed E-state index contributed by atoms with van der Waals surface area (Å²) in [6.07, 6.45) is 3.08. The number of amides is 2. The van der Waals surface area contributed by atoms with E-state index in [1.54, 1.807) is 29.3 Å². The van der Waals surface area contributed by atoms with E-state index in [1.807, 2.05) is 24.3 Å². The number of ketones is 1. The predicted octanol–water partition coefficient (Wildman–Crippen LogP) is 2.82. The largest absolute Gasteiger partial charge is 0.486 e. The molecule has 0 saturated carbocycles. The third-order valence-electron chi connectivity index (χ3n) is 6.24. The van der Waals surface area contributed by atoms with E-state index in [9.17, 15) is 14.4 Å². The van der Waals surface area contributed by atoms with Crippen LogP contribution in [0.3, 0.4) is 0 Å². The number of piperidine rings is 1. The average Bonchev–Trinajstić information content (AvgIpc) is 3.34. The summed E-state index contributed by atoms with van der Waals surface area (Å²) < 4.78 is 6.24. The van der Waals surface area contributed by atoms with Crippen LogP contribution in [-0.4, -0.2) is 51.4 Å². The minimum Gasteiger partial charge on any atom is -0.486 e. The first-order chi connectivity index (χ1) is 15.4. The van der Waals surface area contributed by atoms with E-state index in [1.165, 1.54) is 6.07 Å². The van der Waals surface area contributed by atoms with Crippen molar-refractivity contribution in [3.05, 3.63) is 71.4 Å². The SMILES string of the molecule is NC(=O)c1ccc2c(c1)C(=O)CC1(CCN(C(=O)c3cccc(-c4cc[nH]n4)c3)CC1)O2. The molecule has 3 aromatic rings. The van der Waals surface area contributed by atoms with Gasteiger partial charge in [-0.1, -0.05) is 12.1 Å². The lowest BCUT2D eigenvalue weighted by molar-refractivity contribution is -0.00571. The van der Waals surface area contributed by atoms with Gasteiger partial charge in [-0.25, -0.2) is 0 Å². The van der Waals surface area contributed by atoms with E-state index in [0.717, 1.165) is 11.3 Å². The number of aromatic amines is 1. The number of carbonyl (C=O) groups is 3. The van der Waals surface area contributed by atoms with E-state index in [2.05, 4.69) is 10.2 Å². The molecule has 2 aliphatic heterocycles. The first-order valence-corrected chi connectivity index (χ1v) is 10.5. The molecule has 1 aromatic heterocycles. The van der Waals surface area contributed by atoms with Crippen molar-refractivity contribution in [3.8, 4) is 17.0 Å². The molecule has 0 unspecified atom stereocenters. The number of ether oxygens (including phenoxy) is 1. The maximum Gasteiger partial charge on any atom is 0.253 e. The number of fused-ring (bicyclic) bond motifs is 1. The van der Waals surface area contributed by atoms with Crippen molar-refractivity contribution in [2.24, 2.45) is 5.73 Å². The third kappa shape index (κ3) is 3.53. The van der Waals surface area contributed by atoms with Crippen LogP contribution in [0.4, 0.5) is 0 Å². The molecule has 1 saturated heterocycles. The van der Waals surface area contributed by atoms with Crippen molar-refractivity contribution in [1.29, 1.82) is 0 Å². The van der Waals surface area contributed by atoms with Crippen molar-refractivity contribution in [1.82, 2.24) is 15.1 Å². The second-order valence-electron chi connectivity index (χ2n) is 8.29. The van der Waals surface area contributed by atoms with Crippen molar-refractivity contribution in [2.45, 2.75) is 24.9 Å². The summed E-state index contributed by atoms with van der Waals surface area (Å²) in [5, 5.41) is 6.96. The predicted molar refractivity (Wildman–Crippen MR) is 116 cm³/mol. The normalized spacial score (nSPS) is 17.0. The van der Waals surface area contributed by atoms with Gasteiger partial charge in [-0.3, -0.25) is 19.5 Å². The maximum absolute atomic E-state index is 13.1. The van der Waals surface area contributed by atoms with Crippen LogP contribution in [0.2, 0.25) is 0 Å². The Hall–Kier alpha value is -3.94. The van der Waals surface area contributed by atoms with Gasteiger partial charge in [-0.2, -0.15) is 5.10 Å². The highest BCUT2D eigenvalue weighted by Gasteiger charge is 2.43. The van der Waals surface area contributed by atoms with Gasteiger partial charge in [0.25, 0.3) is 5.91 Å². The number of likely N-dealkylation sites (tertiary alicyclic amines) is 1. The molecule has 2 aliphatic rings. The number of Topliss-reactive ketones (excluding diaryl/α,β-unsaturated/α-hetero) is 1. The molecule has 3 heterocycles. The lowest BCUT2D eigenvalue weighted by atomic mass is 9.82. The minimum absolute atomic E-state index is 0.0501. The van der Waals surface area contributed by atoms with E-state index < -0.39 is 11.5 Å². The quantitative estimate of drug-likeness (QED) is 0.662. The van der Waals surface area contributed by atoms with Crippen molar-refractivity contribution >= 4 is 17.6 Å². The fourth-order valence-electron chi connectivity index (χ4n) is 4.46. The van der Waals surface area contributed by atoms with E-state index in [4.69, 9.17) is 10.5 Å². The lowest BCUT2D eigenvalue weighted by Crippen LogP contribution is -2.52. The number of rotatable bonds is 3. The average molecular weight is 430 g/mol. The molecule has 0 atom stereocenters. The summed E-state index contributed by atoms with van der Waals surface area (Å²) in [6, 6.07) is 14.0. The summed E-state index contributed by atoms with van der Waals surface area (Å²) in [6.45, 7) is 0.987. The Bertz CT molecular complexity index is 1210. The Morgan fingerprint density at radius 2 is 1.88 bits per heavy atom. The van der Waals surface area contributed by atoms with E-state index in [0.29, 0.717) is 42.8 Å². The summed E-state index contributed by atoms with van der Waals surface area (Å²) in [4.78, 5) is 39.1. The summed E-state index contributed by atoms with van der Waals surface area (Å²) in [5.41, 5.74) is 7.63. The number of primary amides is 1. The molecule has 0 aliphatic carbocycles. The van der Waals surface area contributed by atoms with Gasteiger partial charge in [0.1, 0.15) is 11.4 Å². The highest BCUT2D eigenvalue weighted by atomic mass is 16.5. The number of nitrogens with one attached hydrogen (secondary N) is 1. The van der Waals surface area contributed by atoms with Crippen molar-refractivity contribution in [3.63, 3.8) is 0 Å². The summed E-state index contributed by atoms with van der Waals surface area (Å²) in [5.74, 6) is -0.228. The molecule has 162 valence electrons. The number of nitrogens with two attached hydrogens (primary N) is 1. The molecule has 2 aromatic carbocycles. The Morgan fingerprint density at radius 3 is 2.59 bits per heavy atom. The first-order valence-electron chi connectivity index (χ1n) is 10.5. The summed E-state index contributed by atoms with van der Waals surface area (Å²) >= 11 is 0. The molecule has 0 radical (unpaired) electrons. The molecule has 32 heavy (non-hydrogen) atoms. The van der Waals surface area contributed by atoms with Crippen LogP contribution in [0, 0.1) is 0 Å². The molecule has 8 nitrogen and oxygen atoms in total.